The van der Waals surface area contributed by atoms with E-state index < -0.39 is 10.0 Å². The Balaban J connectivity index is 1.91. The average molecular weight is 313 g/mol. The van der Waals surface area contributed by atoms with Gasteiger partial charge in [-0.3, -0.25) is 4.98 Å². The summed E-state index contributed by atoms with van der Waals surface area (Å²) in [5.74, 6) is 0.162. The minimum atomic E-state index is -3.16. The number of rotatable bonds is 6. The third-order valence-corrected chi connectivity index (χ3v) is 5.58. The summed E-state index contributed by atoms with van der Waals surface area (Å²) in [5.41, 5.74) is 2.08. The quantitative estimate of drug-likeness (QED) is 0.730. The van der Waals surface area contributed by atoms with E-state index in [1.54, 1.807) is 17.6 Å². The molecule has 7 heteroatoms. The van der Waals surface area contributed by atoms with Crippen molar-refractivity contribution in [3.05, 3.63) is 24.0 Å². The Kier molecular flexibility index (Phi) is 5.55. The first-order valence-electron chi connectivity index (χ1n) is 7.17. The van der Waals surface area contributed by atoms with E-state index in [1.807, 2.05) is 19.1 Å². The molecule has 1 fully saturated rings. The van der Waals surface area contributed by atoms with Gasteiger partial charge >= 0.3 is 0 Å². The highest BCUT2D eigenvalue weighted by Crippen LogP contribution is 2.18. The van der Waals surface area contributed by atoms with E-state index in [1.165, 1.54) is 0 Å². The number of aryl methyl sites for hydroxylation is 1. The maximum absolute atomic E-state index is 12.2. The first-order valence-corrected chi connectivity index (χ1v) is 8.78. The average Bonchev–Trinajstić information content (AvgIpc) is 2.47. The molecule has 0 aromatic carbocycles. The second kappa shape index (κ2) is 7.20. The zero-order valence-corrected chi connectivity index (χ0v) is 13.5. The molecule has 0 bridgehead atoms. The van der Waals surface area contributed by atoms with E-state index in [0.29, 0.717) is 39.2 Å². The molecule has 21 heavy (non-hydrogen) atoms. The van der Waals surface area contributed by atoms with Gasteiger partial charge in [0.05, 0.1) is 5.75 Å². The molecule has 2 heterocycles. The molecular weight excluding hydrogens is 290 g/mol. The Morgan fingerprint density at radius 3 is 2.62 bits per heavy atom. The largest absolute Gasteiger partial charge is 0.385 e. The summed E-state index contributed by atoms with van der Waals surface area (Å²) >= 11 is 0. The van der Waals surface area contributed by atoms with Gasteiger partial charge in [-0.05, 0) is 25.5 Å². The van der Waals surface area contributed by atoms with Crippen LogP contribution in [0.2, 0.25) is 0 Å². The number of sulfonamides is 1. The van der Waals surface area contributed by atoms with Crippen LogP contribution in [0.1, 0.15) is 12.1 Å². The Morgan fingerprint density at radius 1 is 1.29 bits per heavy atom. The molecule has 0 spiro atoms. The monoisotopic (exact) mass is 313 g/mol. The van der Waals surface area contributed by atoms with Crippen LogP contribution in [0.5, 0.6) is 0 Å². The summed E-state index contributed by atoms with van der Waals surface area (Å²) in [7, 11) is -1.57. The molecule has 0 saturated carbocycles. The minimum Gasteiger partial charge on any atom is -0.385 e. The van der Waals surface area contributed by atoms with E-state index in [2.05, 4.69) is 9.88 Å². The summed E-state index contributed by atoms with van der Waals surface area (Å²) in [4.78, 5) is 6.39. The number of piperazine rings is 1. The molecular formula is C14H23N3O3S. The minimum absolute atomic E-state index is 0.162. The van der Waals surface area contributed by atoms with Crippen LogP contribution in [-0.2, 0) is 14.8 Å². The third kappa shape index (κ3) is 4.39. The molecule has 0 aliphatic carbocycles. The van der Waals surface area contributed by atoms with E-state index in [4.69, 9.17) is 4.74 Å². The second-order valence-corrected chi connectivity index (χ2v) is 7.29. The number of aromatic nitrogens is 1. The van der Waals surface area contributed by atoms with E-state index in [0.717, 1.165) is 11.4 Å². The molecule has 1 saturated heterocycles. The van der Waals surface area contributed by atoms with Crippen molar-refractivity contribution in [1.29, 1.82) is 0 Å². The van der Waals surface area contributed by atoms with Gasteiger partial charge in [0.15, 0.2) is 0 Å². The first kappa shape index (κ1) is 16.2. The Hall–Kier alpha value is -1.18. The summed E-state index contributed by atoms with van der Waals surface area (Å²) in [5, 5.41) is 0. The molecule has 0 radical (unpaired) electrons. The molecule has 6 nitrogen and oxygen atoms in total. The number of methoxy groups -OCH3 is 1. The molecule has 0 amide bonds. The van der Waals surface area contributed by atoms with Gasteiger partial charge in [0.1, 0.15) is 0 Å². The lowest BCUT2D eigenvalue weighted by Crippen LogP contribution is -2.49. The fraction of sp³-hybridized carbons (Fsp3) is 0.643. The van der Waals surface area contributed by atoms with Crippen LogP contribution in [0.15, 0.2) is 18.3 Å². The Labute approximate surface area is 126 Å². The van der Waals surface area contributed by atoms with Crippen molar-refractivity contribution in [3.63, 3.8) is 0 Å². The van der Waals surface area contributed by atoms with Gasteiger partial charge in [0.25, 0.3) is 0 Å². The Morgan fingerprint density at radius 2 is 2.00 bits per heavy atom. The number of hydrogen-bond donors (Lipinski definition) is 0. The van der Waals surface area contributed by atoms with Crippen LogP contribution in [-0.4, -0.2) is 63.4 Å². The highest BCUT2D eigenvalue weighted by Gasteiger charge is 2.26. The number of hydrogen-bond acceptors (Lipinski definition) is 5. The SMILES string of the molecule is COCCCS(=O)(=O)N1CCN(c2ccnc(C)c2)CC1. The third-order valence-electron chi connectivity index (χ3n) is 3.63. The molecule has 0 N–H and O–H groups in total. The van der Waals surface area contributed by atoms with E-state index in [9.17, 15) is 8.42 Å². The molecule has 118 valence electrons. The number of anilines is 1. The van der Waals surface area contributed by atoms with Gasteiger partial charge in [-0.1, -0.05) is 0 Å². The van der Waals surface area contributed by atoms with E-state index >= 15 is 0 Å². The molecule has 1 aliphatic heterocycles. The number of ether oxygens (including phenoxy) is 1. The molecule has 1 aromatic rings. The smallest absolute Gasteiger partial charge is 0.214 e. The lowest BCUT2D eigenvalue weighted by molar-refractivity contribution is 0.199. The van der Waals surface area contributed by atoms with Crippen molar-refractivity contribution < 1.29 is 13.2 Å². The zero-order valence-electron chi connectivity index (χ0n) is 12.7. The topological polar surface area (TPSA) is 62.7 Å². The van der Waals surface area contributed by atoms with Gasteiger partial charge in [-0.2, -0.15) is 4.31 Å². The van der Waals surface area contributed by atoms with Crippen molar-refractivity contribution in [3.8, 4) is 0 Å². The lowest BCUT2D eigenvalue weighted by Gasteiger charge is -2.35. The standard InChI is InChI=1S/C14H23N3O3S/c1-13-12-14(4-5-15-13)16-6-8-17(9-7-16)21(18,19)11-3-10-20-2/h4-5,12H,3,6-11H2,1-2H3. The van der Waals surface area contributed by atoms with Crippen LogP contribution in [0.25, 0.3) is 0 Å². The van der Waals surface area contributed by atoms with Gasteiger partial charge in [0, 0.05) is 57.5 Å². The summed E-state index contributed by atoms with van der Waals surface area (Å²) in [6, 6.07) is 4.00. The normalized spacial score (nSPS) is 17.1. The maximum Gasteiger partial charge on any atom is 0.214 e. The number of pyridine rings is 1. The zero-order chi connectivity index (χ0) is 15.3. The molecule has 2 rings (SSSR count). The van der Waals surface area contributed by atoms with Gasteiger partial charge in [-0.15, -0.1) is 0 Å². The highest BCUT2D eigenvalue weighted by atomic mass is 32.2. The van der Waals surface area contributed by atoms with Crippen LogP contribution in [0, 0.1) is 6.92 Å². The predicted molar refractivity (Wildman–Crippen MR) is 83.0 cm³/mol. The van der Waals surface area contributed by atoms with Gasteiger partial charge in [-0.25, -0.2) is 8.42 Å². The first-order chi connectivity index (χ1) is 10.0. The summed E-state index contributed by atoms with van der Waals surface area (Å²) in [6.07, 6.45) is 2.33. The highest BCUT2D eigenvalue weighted by molar-refractivity contribution is 7.89. The summed E-state index contributed by atoms with van der Waals surface area (Å²) < 4.78 is 30.9. The molecule has 0 unspecified atom stereocenters. The fourth-order valence-electron chi connectivity index (χ4n) is 2.47. The van der Waals surface area contributed by atoms with Crippen LogP contribution in [0.4, 0.5) is 5.69 Å². The van der Waals surface area contributed by atoms with Crippen molar-refractivity contribution >= 4 is 15.7 Å². The molecule has 1 aliphatic rings. The van der Waals surface area contributed by atoms with Crippen LogP contribution in [0.3, 0.4) is 0 Å². The Bertz CT molecular complexity index is 554. The van der Waals surface area contributed by atoms with Crippen molar-refractivity contribution in [1.82, 2.24) is 9.29 Å². The van der Waals surface area contributed by atoms with Crippen LogP contribution >= 0.6 is 0 Å². The van der Waals surface area contributed by atoms with Crippen molar-refractivity contribution in [2.24, 2.45) is 0 Å². The predicted octanol–water partition coefficient (Wildman–Crippen LogP) is 0.878. The second-order valence-electron chi connectivity index (χ2n) is 5.20. The fourth-order valence-corrected chi connectivity index (χ4v) is 3.93. The molecule has 1 aromatic heterocycles. The van der Waals surface area contributed by atoms with Gasteiger partial charge in [0.2, 0.25) is 10.0 Å². The van der Waals surface area contributed by atoms with E-state index in [-0.39, 0.29) is 5.75 Å². The van der Waals surface area contributed by atoms with Crippen molar-refractivity contribution in [2.75, 3.05) is 50.5 Å². The summed E-state index contributed by atoms with van der Waals surface area (Å²) in [6.45, 7) is 4.95. The van der Waals surface area contributed by atoms with Crippen LogP contribution < -0.4 is 4.90 Å². The number of nitrogens with zero attached hydrogens (tertiary/aromatic N) is 3. The molecule has 0 atom stereocenters. The lowest BCUT2D eigenvalue weighted by atomic mass is 10.2. The maximum atomic E-state index is 12.2. The van der Waals surface area contributed by atoms with Gasteiger partial charge < -0.3 is 9.64 Å². The van der Waals surface area contributed by atoms with Crippen molar-refractivity contribution in [2.45, 2.75) is 13.3 Å².